The number of aromatic nitrogens is 1. The Morgan fingerprint density at radius 3 is 1.77 bits per heavy atom. The topological polar surface area (TPSA) is 4.93 Å². The quantitative estimate of drug-likeness (QED) is 0.264. The van der Waals surface area contributed by atoms with Crippen molar-refractivity contribution >= 4 is 22.7 Å². The average molecular weight is 406 g/mol. The fourth-order valence-electron chi connectivity index (χ4n) is 3.93. The molecule has 0 aliphatic heterocycles. The second kappa shape index (κ2) is 8.64. The molecule has 1 nitrogen and oxygen atoms in total. The number of hydrogen-bond acceptors (Lipinski definition) is 1. The summed E-state index contributed by atoms with van der Waals surface area (Å²) in [5, 5.41) is 1.57. The molecule has 0 saturated carbocycles. The Morgan fingerprint density at radius 2 is 1.13 bits per heavy atom. The van der Waals surface area contributed by atoms with Crippen molar-refractivity contribution in [2.75, 3.05) is 0 Å². The van der Waals surface area contributed by atoms with Crippen LogP contribution in [0.1, 0.15) is 21.9 Å². The number of nitrogens with zero attached hydrogens (tertiary/aromatic N) is 1. The van der Waals surface area contributed by atoms with Gasteiger partial charge in [-0.2, -0.15) is 0 Å². The second-order valence-electron chi connectivity index (χ2n) is 7.44. The molecule has 1 aromatic heterocycles. The van der Waals surface area contributed by atoms with Gasteiger partial charge in [0.05, 0.1) is 5.25 Å². The van der Waals surface area contributed by atoms with Gasteiger partial charge < -0.3 is 4.57 Å². The van der Waals surface area contributed by atoms with Crippen LogP contribution in [0.15, 0.2) is 126 Å². The van der Waals surface area contributed by atoms with E-state index in [1.54, 1.807) is 0 Å². The van der Waals surface area contributed by atoms with Crippen LogP contribution in [0.25, 0.3) is 10.9 Å². The van der Waals surface area contributed by atoms with Crippen LogP contribution in [0.3, 0.4) is 0 Å². The van der Waals surface area contributed by atoms with E-state index in [1.807, 2.05) is 11.8 Å². The molecular weight excluding hydrogens is 382 g/mol. The Morgan fingerprint density at radius 1 is 0.600 bits per heavy atom. The predicted octanol–water partition coefficient (Wildman–Crippen LogP) is 7.57. The molecule has 0 N–H and O–H groups in total. The van der Waals surface area contributed by atoms with Gasteiger partial charge >= 0.3 is 0 Å². The summed E-state index contributed by atoms with van der Waals surface area (Å²) in [4.78, 5) is 1.32. The monoisotopic (exact) mass is 405 g/mol. The molecule has 0 aliphatic carbocycles. The van der Waals surface area contributed by atoms with Gasteiger partial charge in [-0.1, -0.05) is 109 Å². The molecule has 0 bridgehead atoms. The molecule has 0 atom stereocenters. The van der Waals surface area contributed by atoms with E-state index >= 15 is 0 Å². The van der Waals surface area contributed by atoms with Crippen molar-refractivity contribution < 1.29 is 0 Å². The third kappa shape index (κ3) is 3.92. The smallest absolute Gasteiger partial charge is 0.0594 e. The summed E-state index contributed by atoms with van der Waals surface area (Å²) >= 11 is 1.93. The van der Waals surface area contributed by atoms with Crippen LogP contribution in [0, 0.1) is 0 Å². The zero-order valence-corrected chi connectivity index (χ0v) is 17.5. The highest BCUT2D eigenvalue weighted by molar-refractivity contribution is 8.00. The van der Waals surface area contributed by atoms with Crippen LogP contribution in [0.2, 0.25) is 0 Å². The normalized spacial score (nSPS) is 11.2. The first-order valence-corrected chi connectivity index (χ1v) is 11.1. The molecule has 4 aromatic carbocycles. The highest BCUT2D eigenvalue weighted by atomic mass is 32.2. The Labute approximate surface area is 182 Å². The van der Waals surface area contributed by atoms with E-state index in [0.717, 1.165) is 6.54 Å². The summed E-state index contributed by atoms with van der Waals surface area (Å²) in [7, 11) is 0. The molecule has 0 saturated heterocycles. The van der Waals surface area contributed by atoms with Crippen LogP contribution in [-0.4, -0.2) is 4.57 Å². The van der Waals surface area contributed by atoms with Gasteiger partial charge in [0.15, 0.2) is 0 Å². The van der Waals surface area contributed by atoms with Gasteiger partial charge in [-0.15, -0.1) is 11.8 Å². The first kappa shape index (κ1) is 18.8. The lowest BCUT2D eigenvalue weighted by molar-refractivity contribution is 0.830. The molecule has 0 spiro atoms. The average Bonchev–Trinajstić information content (AvgIpc) is 3.16. The summed E-state index contributed by atoms with van der Waals surface area (Å²) in [5.74, 6) is 0. The zero-order valence-electron chi connectivity index (χ0n) is 16.7. The fraction of sp³-hybridized carbons (Fsp3) is 0.0714. The SMILES string of the molecule is c1ccc(Cn2cc(SC(c3ccccc3)c3ccccc3)c3ccccc32)cc1. The lowest BCUT2D eigenvalue weighted by atomic mass is 10.0. The van der Waals surface area contributed by atoms with Crippen LogP contribution in [0.5, 0.6) is 0 Å². The molecule has 0 radical (unpaired) electrons. The highest BCUT2D eigenvalue weighted by Crippen LogP contribution is 2.43. The molecule has 5 rings (SSSR count). The van der Waals surface area contributed by atoms with E-state index in [1.165, 1.54) is 32.5 Å². The van der Waals surface area contributed by atoms with Gasteiger partial charge in [-0.05, 0) is 22.8 Å². The maximum atomic E-state index is 2.38. The zero-order chi connectivity index (χ0) is 20.2. The first-order valence-electron chi connectivity index (χ1n) is 10.3. The van der Waals surface area contributed by atoms with Crippen LogP contribution in [-0.2, 0) is 6.54 Å². The number of fused-ring (bicyclic) bond motifs is 1. The number of para-hydroxylation sites is 1. The van der Waals surface area contributed by atoms with Crippen molar-refractivity contribution in [1.29, 1.82) is 0 Å². The largest absolute Gasteiger partial charge is 0.342 e. The van der Waals surface area contributed by atoms with Gasteiger partial charge in [0.25, 0.3) is 0 Å². The van der Waals surface area contributed by atoms with Gasteiger partial charge in [0, 0.05) is 28.5 Å². The van der Waals surface area contributed by atoms with Crippen molar-refractivity contribution in [3.63, 3.8) is 0 Å². The van der Waals surface area contributed by atoms with E-state index in [4.69, 9.17) is 0 Å². The Balaban J connectivity index is 1.56. The van der Waals surface area contributed by atoms with E-state index < -0.39 is 0 Å². The summed E-state index contributed by atoms with van der Waals surface area (Å²) in [5.41, 5.74) is 5.25. The highest BCUT2D eigenvalue weighted by Gasteiger charge is 2.18. The van der Waals surface area contributed by atoms with Crippen molar-refractivity contribution in [2.45, 2.75) is 16.7 Å². The van der Waals surface area contributed by atoms with Crippen LogP contribution < -0.4 is 0 Å². The standard InChI is InChI=1S/C28H23NS/c1-4-12-22(13-5-1)20-29-21-27(25-18-10-11-19-26(25)29)30-28(23-14-6-2-7-15-23)24-16-8-3-9-17-24/h1-19,21,28H,20H2. The Hall–Kier alpha value is -3.23. The maximum Gasteiger partial charge on any atom is 0.0594 e. The van der Waals surface area contributed by atoms with E-state index in [2.05, 4.69) is 126 Å². The Bertz CT molecular complexity index is 1190. The number of hydrogen-bond donors (Lipinski definition) is 0. The summed E-state index contributed by atoms with van der Waals surface area (Å²) in [6.07, 6.45) is 2.32. The van der Waals surface area contributed by atoms with E-state index in [-0.39, 0.29) is 5.25 Å². The number of thioether (sulfide) groups is 1. The summed E-state index contributed by atoms with van der Waals surface area (Å²) < 4.78 is 2.38. The van der Waals surface area contributed by atoms with Crippen LogP contribution in [0.4, 0.5) is 0 Å². The van der Waals surface area contributed by atoms with Gasteiger partial charge in [-0.3, -0.25) is 0 Å². The molecule has 146 valence electrons. The van der Waals surface area contributed by atoms with Crippen LogP contribution >= 0.6 is 11.8 Å². The molecule has 0 unspecified atom stereocenters. The molecule has 0 amide bonds. The van der Waals surface area contributed by atoms with Crippen molar-refractivity contribution in [3.8, 4) is 0 Å². The molecule has 1 heterocycles. The predicted molar refractivity (Wildman–Crippen MR) is 128 cm³/mol. The van der Waals surface area contributed by atoms with Gasteiger partial charge in [-0.25, -0.2) is 0 Å². The number of benzene rings is 4. The van der Waals surface area contributed by atoms with Crippen molar-refractivity contribution in [1.82, 2.24) is 4.57 Å². The van der Waals surface area contributed by atoms with Gasteiger partial charge in [0.2, 0.25) is 0 Å². The minimum Gasteiger partial charge on any atom is -0.342 e. The summed E-state index contributed by atoms with van der Waals surface area (Å²) in [6.45, 7) is 0.878. The fourth-order valence-corrected chi connectivity index (χ4v) is 5.26. The lowest BCUT2D eigenvalue weighted by Gasteiger charge is -2.17. The Kier molecular flexibility index (Phi) is 5.41. The molecule has 5 aromatic rings. The second-order valence-corrected chi connectivity index (χ2v) is 8.59. The molecule has 2 heteroatoms. The maximum absolute atomic E-state index is 2.38. The van der Waals surface area contributed by atoms with Gasteiger partial charge in [0.1, 0.15) is 0 Å². The lowest BCUT2D eigenvalue weighted by Crippen LogP contribution is -1.97. The third-order valence-corrected chi connectivity index (χ3v) is 6.76. The minimum atomic E-state index is 0.253. The number of rotatable bonds is 6. The molecule has 0 fully saturated rings. The molecule has 0 aliphatic rings. The molecular formula is C28H23NS. The molecule has 30 heavy (non-hydrogen) atoms. The minimum absolute atomic E-state index is 0.253. The van der Waals surface area contributed by atoms with Crippen molar-refractivity contribution in [2.24, 2.45) is 0 Å². The first-order chi connectivity index (χ1) is 14.9. The van der Waals surface area contributed by atoms with E-state index in [0.29, 0.717) is 0 Å². The summed E-state index contributed by atoms with van der Waals surface area (Å²) in [6, 6.07) is 41.0. The van der Waals surface area contributed by atoms with E-state index in [9.17, 15) is 0 Å². The third-order valence-electron chi connectivity index (χ3n) is 5.40. The van der Waals surface area contributed by atoms with Crippen molar-refractivity contribution in [3.05, 3.63) is 138 Å².